The number of amides is 2. The number of anilines is 1. The van der Waals surface area contributed by atoms with Crippen molar-refractivity contribution in [1.82, 2.24) is 5.32 Å². The van der Waals surface area contributed by atoms with Crippen LogP contribution in [0.3, 0.4) is 0 Å². The summed E-state index contributed by atoms with van der Waals surface area (Å²) in [5, 5.41) is 6.12. The Morgan fingerprint density at radius 3 is 2.46 bits per heavy atom. The van der Waals surface area contributed by atoms with Crippen LogP contribution in [0.1, 0.15) is 54.4 Å². The van der Waals surface area contributed by atoms with Crippen LogP contribution in [0, 0.1) is 5.82 Å². The first-order valence-electron chi connectivity index (χ1n) is 9.66. The Kier molecular flexibility index (Phi) is 5.11. The normalized spacial score (nSPS) is 17.9. The smallest absolute Gasteiger partial charge is 0.253 e. The van der Waals surface area contributed by atoms with E-state index in [4.69, 9.17) is 11.6 Å². The second-order valence-corrected chi connectivity index (χ2v) is 8.10. The molecule has 0 aliphatic heterocycles. The van der Waals surface area contributed by atoms with Gasteiger partial charge in [-0.05, 0) is 61.6 Å². The molecule has 2 aromatic rings. The number of benzene rings is 2. The van der Waals surface area contributed by atoms with Crippen molar-refractivity contribution in [2.75, 3.05) is 5.32 Å². The van der Waals surface area contributed by atoms with E-state index in [2.05, 4.69) is 10.6 Å². The molecule has 0 unspecified atom stereocenters. The summed E-state index contributed by atoms with van der Waals surface area (Å²) in [6, 6.07) is 11.4. The highest BCUT2D eigenvalue weighted by molar-refractivity contribution is 6.34. The van der Waals surface area contributed by atoms with Gasteiger partial charge in [0.15, 0.2) is 0 Å². The summed E-state index contributed by atoms with van der Waals surface area (Å²) in [6.45, 7) is 0. The van der Waals surface area contributed by atoms with Gasteiger partial charge >= 0.3 is 0 Å². The maximum absolute atomic E-state index is 13.8. The second-order valence-electron chi connectivity index (χ2n) is 7.70. The van der Waals surface area contributed by atoms with Crippen LogP contribution >= 0.6 is 11.6 Å². The quantitative estimate of drug-likeness (QED) is 0.755. The second kappa shape index (κ2) is 7.55. The molecule has 2 N–H and O–H groups in total. The lowest BCUT2D eigenvalue weighted by Gasteiger charge is -2.28. The molecule has 0 heterocycles. The van der Waals surface area contributed by atoms with Crippen molar-refractivity contribution in [2.24, 2.45) is 0 Å². The maximum atomic E-state index is 13.8. The standard InChI is InChI=1S/C22H22ClFN2O2/c23-19-13-17(8-9-18(19)20(27)25-16-6-7-16)26-21(28)22(10-1-2-11-22)14-4-3-5-15(24)12-14/h3-5,8-9,12-13,16H,1-2,6-7,10-11H2,(H,25,27)(H,26,28). The molecular formula is C22H22ClFN2O2. The summed E-state index contributed by atoms with van der Waals surface area (Å²) in [5.41, 5.74) is 0.887. The lowest BCUT2D eigenvalue weighted by Crippen LogP contribution is -2.38. The number of carbonyl (C=O) groups excluding carboxylic acids is 2. The predicted octanol–water partition coefficient (Wildman–Crippen LogP) is 4.82. The fourth-order valence-corrected chi connectivity index (χ4v) is 4.20. The Bertz CT molecular complexity index is 921. The number of hydrogen-bond acceptors (Lipinski definition) is 2. The predicted molar refractivity (Wildman–Crippen MR) is 107 cm³/mol. The molecule has 28 heavy (non-hydrogen) atoms. The average molecular weight is 401 g/mol. The first kappa shape index (κ1) is 18.9. The van der Waals surface area contributed by atoms with E-state index in [-0.39, 0.29) is 23.7 Å². The van der Waals surface area contributed by atoms with Gasteiger partial charge in [0.2, 0.25) is 5.91 Å². The molecule has 2 fully saturated rings. The van der Waals surface area contributed by atoms with Crippen LogP contribution < -0.4 is 10.6 Å². The molecule has 146 valence electrons. The monoisotopic (exact) mass is 400 g/mol. The van der Waals surface area contributed by atoms with Gasteiger partial charge in [0.1, 0.15) is 5.82 Å². The Morgan fingerprint density at radius 1 is 1.07 bits per heavy atom. The van der Waals surface area contributed by atoms with Crippen molar-refractivity contribution in [3.8, 4) is 0 Å². The van der Waals surface area contributed by atoms with Gasteiger partial charge < -0.3 is 10.6 Å². The minimum absolute atomic E-state index is 0.165. The maximum Gasteiger partial charge on any atom is 0.253 e. The first-order chi connectivity index (χ1) is 13.5. The van der Waals surface area contributed by atoms with Crippen molar-refractivity contribution in [3.05, 3.63) is 64.4 Å². The van der Waals surface area contributed by atoms with Gasteiger partial charge in [0.05, 0.1) is 16.0 Å². The number of hydrogen-bond donors (Lipinski definition) is 2. The molecule has 2 aromatic carbocycles. The third kappa shape index (κ3) is 3.76. The van der Waals surface area contributed by atoms with Crippen molar-refractivity contribution in [3.63, 3.8) is 0 Å². The molecule has 0 bridgehead atoms. The van der Waals surface area contributed by atoms with Crippen LogP contribution in [-0.2, 0) is 10.2 Å². The zero-order chi connectivity index (χ0) is 19.7. The number of halogens is 2. The highest BCUT2D eigenvalue weighted by Crippen LogP contribution is 2.42. The van der Waals surface area contributed by atoms with Crippen molar-refractivity contribution < 1.29 is 14.0 Å². The zero-order valence-electron chi connectivity index (χ0n) is 15.4. The van der Waals surface area contributed by atoms with Crippen LogP contribution in [0.2, 0.25) is 5.02 Å². The topological polar surface area (TPSA) is 58.2 Å². The molecule has 2 aliphatic carbocycles. The third-order valence-electron chi connectivity index (χ3n) is 5.65. The average Bonchev–Trinajstić information content (AvgIpc) is 3.32. The molecule has 0 radical (unpaired) electrons. The molecule has 4 rings (SSSR count). The summed E-state index contributed by atoms with van der Waals surface area (Å²) in [6.07, 6.45) is 5.20. The molecule has 2 aliphatic rings. The molecule has 0 aromatic heterocycles. The van der Waals surface area contributed by atoms with Gasteiger partial charge in [-0.1, -0.05) is 36.6 Å². The third-order valence-corrected chi connectivity index (χ3v) is 5.97. The number of rotatable bonds is 5. The van der Waals surface area contributed by atoms with E-state index in [1.165, 1.54) is 12.1 Å². The summed E-state index contributed by atoms with van der Waals surface area (Å²) in [5.74, 6) is -0.704. The van der Waals surface area contributed by atoms with E-state index in [9.17, 15) is 14.0 Å². The van der Waals surface area contributed by atoms with Gasteiger partial charge in [-0.15, -0.1) is 0 Å². The Hall–Kier alpha value is -2.40. The fourth-order valence-electron chi connectivity index (χ4n) is 3.93. The van der Waals surface area contributed by atoms with E-state index >= 15 is 0 Å². The molecule has 0 saturated heterocycles. The van der Waals surface area contributed by atoms with Crippen molar-refractivity contribution in [1.29, 1.82) is 0 Å². The number of carbonyl (C=O) groups is 2. The van der Waals surface area contributed by atoms with Crippen molar-refractivity contribution >= 4 is 29.1 Å². The lowest BCUT2D eigenvalue weighted by atomic mass is 9.78. The minimum atomic E-state index is -0.739. The van der Waals surface area contributed by atoms with Gasteiger partial charge in [-0.25, -0.2) is 4.39 Å². The van der Waals surface area contributed by atoms with E-state index in [0.29, 0.717) is 34.7 Å². The van der Waals surface area contributed by atoms with E-state index in [0.717, 1.165) is 25.7 Å². The molecule has 0 spiro atoms. The first-order valence-corrected chi connectivity index (χ1v) is 10.0. The summed E-state index contributed by atoms with van der Waals surface area (Å²) in [7, 11) is 0. The van der Waals surface area contributed by atoms with Crippen LogP contribution in [0.4, 0.5) is 10.1 Å². The lowest BCUT2D eigenvalue weighted by molar-refractivity contribution is -0.121. The van der Waals surface area contributed by atoms with Crippen LogP contribution in [0.15, 0.2) is 42.5 Å². The molecule has 2 amide bonds. The minimum Gasteiger partial charge on any atom is -0.349 e. The Balaban J connectivity index is 1.54. The summed E-state index contributed by atoms with van der Waals surface area (Å²) < 4.78 is 13.8. The summed E-state index contributed by atoms with van der Waals surface area (Å²) >= 11 is 6.28. The zero-order valence-corrected chi connectivity index (χ0v) is 16.2. The van der Waals surface area contributed by atoms with E-state index in [1.807, 2.05) is 6.07 Å². The molecule has 2 saturated carbocycles. The van der Waals surface area contributed by atoms with E-state index in [1.54, 1.807) is 24.3 Å². The van der Waals surface area contributed by atoms with E-state index < -0.39 is 5.41 Å². The van der Waals surface area contributed by atoms with Crippen LogP contribution in [-0.4, -0.2) is 17.9 Å². The number of nitrogens with one attached hydrogen (secondary N) is 2. The van der Waals surface area contributed by atoms with Gasteiger partial charge in [0.25, 0.3) is 5.91 Å². The molecule has 4 nitrogen and oxygen atoms in total. The van der Waals surface area contributed by atoms with Crippen LogP contribution in [0.5, 0.6) is 0 Å². The molecular weight excluding hydrogens is 379 g/mol. The van der Waals surface area contributed by atoms with Gasteiger partial charge in [-0.3, -0.25) is 9.59 Å². The molecule has 0 atom stereocenters. The fraction of sp³-hybridized carbons (Fsp3) is 0.364. The summed E-state index contributed by atoms with van der Waals surface area (Å²) in [4.78, 5) is 25.4. The van der Waals surface area contributed by atoms with Crippen LogP contribution in [0.25, 0.3) is 0 Å². The van der Waals surface area contributed by atoms with Gasteiger partial charge in [-0.2, -0.15) is 0 Å². The Morgan fingerprint density at radius 2 is 1.82 bits per heavy atom. The highest BCUT2D eigenvalue weighted by Gasteiger charge is 2.43. The largest absolute Gasteiger partial charge is 0.349 e. The SMILES string of the molecule is O=C(NC1CC1)c1ccc(NC(=O)C2(c3cccc(F)c3)CCCC2)cc1Cl. The molecule has 6 heteroatoms. The highest BCUT2D eigenvalue weighted by atomic mass is 35.5. The van der Waals surface area contributed by atoms with Crippen molar-refractivity contribution in [2.45, 2.75) is 50.0 Å². The van der Waals surface area contributed by atoms with Gasteiger partial charge in [0, 0.05) is 11.7 Å². The Labute approximate surface area is 168 Å².